The van der Waals surface area contributed by atoms with Crippen molar-refractivity contribution >= 4 is 39.9 Å². The summed E-state index contributed by atoms with van der Waals surface area (Å²) < 4.78 is 5.13. The van der Waals surface area contributed by atoms with Gasteiger partial charge in [0.1, 0.15) is 6.04 Å². The highest BCUT2D eigenvalue weighted by Gasteiger charge is 2.28. The fourth-order valence-corrected chi connectivity index (χ4v) is 3.85. The van der Waals surface area contributed by atoms with Gasteiger partial charge in [0.15, 0.2) is 5.76 Å². The number of para-hydroxylation sites is 1. The molecular formula is C28H27N3O4. The molecule has 0 bridgehead atoms. The average Bonchev–Trinajstić information content (AvgIpc) is 3.42. The van der Waals surface area contributed by atoms with Gasteiger partial charge in [-0.15, -0.1) is 0 Å². The molecule has 7 heteroatoms. The lowest BCUT2D eigenvalue weighted by atomic mass is 9.97. The van der Waals surface area contributed by atoms with Crippen molar-refractivity contribution in [3.63, 3.8) is 0 Å². The third kappa shape index (κ3) is 5.41. The number of rotatable bonds is 8. The van der Waals surface area contributed by atoms with Crippen LogP contribution in [0.5, 0.6) is 0 Å². The maximum atomic E-state index is 13.3. The summed E-state index contributed by atoms with van der Waals surface area (Å²) in [4.78, 5) is 39.0. The molecule has 35 heavy (non-hydrogen) atoms. The van der Waals surface area contributed by atoms with Gasteiger partial charge in [-0.05, 0) is 41.6 Å². The second-order valence-corrected chi connectivity index (χ2v) is 8.33. The van der Waals surface area contributed by atoms with Crippen LogP contribution in [0.4, 0.5) is 11.4 Å². The van der Waals surface area contributed by atoms with Crippen LogP contribution in [-0.2, 0) is 4.79 Å². The van der Waals surface area contributed by atoms with Gasteiger partial charge in [-0.3, -0.25) is 14.4 Å². The molecule has 1 heterocycles. The van der Waals surface area contributed by atoms with Gasteiger partial charge in [0, 0.05) is 11.1 Å². The smallest absolute Gasteiger partial charge is 0.291 e. The first kappa shape index (κ1) is 23.8. The Kier molecular flexibility index (Phi) is 7.26. The first-order valence-electron chi connectivity index (χ1n) is 11.5. The van der Waals surface area contributed by atoms with E-state index in [1.165, 1.54) is 12.3 Å². The van der Waals surface area contributed by atoms with Crippen LogP contribution in [-0.4, -0.2) is 23.8 Å². The first-order chi connectivity index (χ1) is 17.0. The van der Waals surface area contributed by atoms with Crippen LogP contribution < -0.4 is 16.0 Å². The molecule has 3 N–H and O–H groups in total. The van der Waals surface area contributed by atoms with Crippen LogP contribution in [0.1, 0.15) is 41.2 Å². The molecule has 0 unspecified atom stereocenters. The van der Waals surface area contributed by atoms with Crippen LogP contribution in [0.3, 0.4) is 0 Å². The normalized spacial score (nSPS) is 12.5. The van der Waals surface area contributed by atoms with Gasteiger partial charge in [0.2, 0.25) is 5.91 Å². The molecule has 178 valence electrons. The molecule has 0 spiro atoms. The highest BCUT2D eigenvalue weighted by molar-refractivity contribution is 6.10. The molecular weight excluding hydrogens is 442 g/mol. The fourth-order valence-electron chi connectivity index (χ4n) is 3.85. The van der Waals surface area contributed by atoms with E-state index >= 15 is 0 Å². The summed E-state index contributed by atoms with van der Waals surface area (Å²) in [6, 6.07) is 22.5. The molecule has 3 amide bonds. The van der Waals surface area contributed by atoms with E-state index in [0.29, 0.717) is 17.8 Å². The van der Waals surface area contributed by atoms with Crippen molar-refractivity contribution in [1.82, 2.24) is 5.32 Å². The Bertz CT molecular complexity index is 1340. The third-order valence-corrected chi connectivity index (χ3v) is 5.99. The van der Waals surface area contributed by atoms with Crippen LogP contribution in [0.15, 0.2) is 89.5 Å². The maximum Gasteiger partial charge on any atom is 0.291 e. The minimum atomic E-state index is -0.778. The van der Waals surface area contributed by atoms with Crippen LogP contribution in [0, 0.1) is 5.92 Å². The Balaban J connectivity index is 1.55. The molecule has 4 rings (SSSR count). The van der Waals surface area contributed by atoms with Gasteiger partial charge in [-0.1, -0.05) is 68.8 Å². The van der Waals surface area contributed by atoms with Crippen molar-refractivity contribution < 1.29 is 18.8 Å². The van der Waals surface area contributed by atoms with Gasteiger partial charge in [-0.2, -0.15) is 0 Å². The van der Waals surface area contributed by atoms with E-state index in [1.807, 2.05) is 56.3 Å². The van der Waals surface area contributed by atoms with Crippen molar-refractivity contribution in [3.05, 3.63) is 96.4 Å². The summed E-state index contributed by atoms with van der Waals surface area (Å²) in [6.07, 6.45) is 2.09. The van der Waals surface area contributed by atoms with Gasteiger partial charge in [-0.25, -0.2) is 0 Å². The van der Waals surface area contributed by atoms with E-state index in [9.17, 15) is 14.4 Å². The summed E-state index contributed by atoms with van der Waals surface area (Å²) in [5, 5.41) is 10.5. The number of carbonyl (C=O) groups excluding carboxylic acids is 3. The molecule has 0 saturated carbocycles. The molecule has 2 atom stereocenters. The largest absolute Gasteiger partial charge is 0.459 e. The van der Waals surface area contributed by atoms with Crippen molar-refractivity contribution in [2.75, 3.05) is 10.6 Å². The van der Waals surface area contributed by atoms with Crippen LogP contribution >= 0.6 is 0 Å². The molecule has 0 fully saturated rings. The highest BCUT2D eigenvalue weighted by atomic mass is 16.3. The minimum absolute atomic E-state index is 0.126. The fraction of sp³-hybridized carbons (Fsp3) is 0.179. The maximum absolute atomic E-state index is 13.3. The van der Waals surface area contributed by atoms with Crippen molar-refractivity contribution in [3.8, 4) is 0 Å². The zero-order valence-corrected chi connectivity index (χ0v) is 19.6. The lowest BCUT2D eigenvalue weighted by Crippen LogP contribution is -2.47. The lowest BCUT2D eigenvalue weighted by molar-refractivity contribution is -0.119. The summed E-state index contributed by atoms with van der Waals surface area (Å²) >= 11 is 0. The van der Waals surface area contributed by atoms with Crippen molar-refractivity contribution in [2.24, 2.45) is 5.92 Å². The molecule has 0 radical (unpaired) electrons. The molecule has 0 saturated heterocycles. The zero-order chi connectivity index (χ0) is 24.8. The number of hydrogen-bond donors (Lipinski definition) is 3. The Morgan fingerprint density at radius 2 is 1.51 bits per heavy atom. The molecule has 1 aromatic heterocycles. The lowest BCUT2D eigenvalue weighted by Gasteiger charge is -2.24. The Morgan fingerprint density at radius 1 is 0.800 bits per heavy atom. The third-order valence-electron chi connectivity index (χ3n) is 5.99. The van der Waals surface area contributed by atoms with Crippen LogP contribution in [0.25, 0.3) is 10.8 Å². The van der Waals surface area contributed by atoms with E-state index < -0.39 is 17.9 Å². The Labute approximate surface area is 203 Å². The monoisotopic (exact) mass is 469 g/mol. The highest BCUT2D eigenvalue weighted by Crippen LogP contribution is 2.24. The molecule has 4 aromatic rings. The van der Waals surface area contributed by atoms with Gasteiger partial charge in [0.25, 0.3) is 11.8 Å². The minimum Gasteiger partial charge on any atom is -0.459 e. The zero-order valence-electron chi connectivity index (χ0n) is 19.6. The molecule has 7 nitrogen and oxygen atoms in total. The second kappa shape index (κ2) is 10.7. The van der Waals surface area contributed by atoms with Gasteiger partial charge in [0.05, 0.1) is 17.5 Å². The molecule has 0 aliphatic carbocycles. The number of anilines is 2. The predicted molar refractivity (Wildman–Crippen MR) is 136 cm³/mol. The number of carbonyl (C=O) groups is 3. The number of fused-ring (bicyclic) bond motifs is 1. The van der Waals surface area contributed by atoms with E-state index in [4.69, 9.17) is 4.42 Å². The van der Waals surface area contributed by atoms with Crippen molar-refractivity contribution in [1.29, 1.82) is 0 Å². The first-order valence-corrected chi connectivity index (χ1v) is 11.5. The quantitative estimate of drug-likeness (QED) is 0.319. The number of nitrogens with one attached hydrogen (secondary N) is 3. The van der Waals surface area contributed by atoms with Crippen LogP contribution in [0.2, 0.25) is 0 Å². The standard InChI is InChI=1S/C28H27N3O4/c1-3-18(2)25(28(34)30-22-15-8-11-19-10-4-5-12-20(19)22)31-26(32)21-13-6-7-14-23(21)29-27(33)24-16-9-17-35-24/h4-18,25H,3H2,1-2H3,(H,29,33)(H,30,34)(H,31,32)/t18-,25-/m1/s1. The van der Waals surface area contributed by atoms with E-state index in [-0.39, 0.29) is 23.1 Å². The second-order valence-electron chi connectivity index (χ2n) is 8.33. The predicted octanol–water partition coefficient (Wildman–Crippen LogP) is 5.47. The average molecular weight is 470 g/mol. The topological polar surface area (TPSA) is 100 Å². The summed E-state index contributed by atoms with van der Waals surface area (Å²) in [6.45, 7) is 3.88. The van der Waals surface area contributed by atoms with E-state index in [1.54, 1.807) is 30.3 Å². The summed E-state index contributed by atoms with van der Waals surface area (Å²) in [7, 11) is 0. The number of furan rings is 1. The summed E-state index contributed by atoms with van der Waals surface area (Å²) in [5.41, 5.74) is 1.25. The Morgan fingerprint density at radius 3 is 2.29 bits per heavy atom. The van der Waals surface area contributed by atoms with E-state index in [0.717, 1.165) is 10.8 Å². The van der Waals surface area contributed by atoms with Gasteiger partial charge < -0.3 is 20.4 Å². The van der Waals surface area contributed by atoms with E-state index in [2.05, 4.69) is 16.0 Å². The number of hydrogen-bond acceptors (Lipinski definition) is 4. The number of benzene rings is 3. The summed E-state index contributed by atoms with van der Waals surface area (Å²) in [5.74, 6) is -1.23. The molecule has 0 aliphatic heterocycles. The van der Waals surface area contributed by atoms with Crippen molar-refractivity contribution in [2.45, 2.75) is 26.3 Å². The molecule has 0 aliphatic rings. The molecule has 3 aromatic carbocycles. The van der Waals surface area contributed by atoms with Gasteiger partial charge >= 0.3 is 0 Å². The Hall–Kier alpha value is -4.39. The SMILES string of the molecule is CC[C@@H](C)[C@@H](NC(=O)c1ccccc1NC(=O)c1ccco1)C(=O)Nc1cccc2ccccc12. The number of amides is 3.